The third-order valence-electron chi connectivity index (χ3n) is 0.771. The van der Waals surface area contributed by atoms with Gasteiger partial charge in [-0.25, -0.2) is 0 Å². The van der Waals surface area contributed by atoms with Crippen molar-refractivity contribution in [2.45, 2.75) is 6.92 Å². The van der Waals surface area contributed by atoms with Crippen LogP contribution >= 0.6 is 12.4 Å². The van der Waals surface area contributed by atoms with E-state index >= 15 is 0 Å². The van der Waals surface area contributed by atoms with Crippen molar-refractivity contribution in [1.29, 1.82) is 0 Å². The molecule has 12 heavy (non-hydrogen) atoms. The van der Waals surface area contributed by atoms with E-state index in [1.165, 1.54) is 0 Å². The molecule has 0 bridgehead atoms. The Labute approximate surface area is 79.8 Å². The minimum absolute atomic E-state index is 0. The predicted octanol–water partition coefficient (Wildman–Crippen LogP) is 0.198. The molecule has 0 unspecified atom stereocenters. The lowest BCUT2D eigenvalue weighted by atomic mass is 10.5. The molecule has 0 aliphatic heterocycles. The number of carboxylic acid groups (broad SMARTS) is 1. The molecular weight excluding hydrogens is 182 g/mol. The van der Waals surface area contributed by atoms with Gasteiger partial charge in [-0.1, -0.05) is 0 Å². The molecule has 76 valence electrons. The first-order valence-electron chi connectivity index (χ1n) is 3.40. The van der Waals surface area contributed by atoms with Crippen molar-refractivity contribution in [3.05, 3.63) is 0 Å². The summed E-state index contributed by atoms with van der Waals surface area (Å²) in [5, 5.41) is 15.8. The first kappa shape index (κ1) is 17.7. The second-order valence-electron chi connectivity index (χ2n) is 3.26. The fraction of sp³-hybridized carbons (Fsp3) is 0.857. The van der Waals surface area contributed by atoms with Crippen molar-refractivity contribution >= 4 is 18.4 Å². The summed E-state index contributed by atoms with van der Waals surface area (Å²) in [5.74, 6) is -0.833. The molecule has 0 aromatic heterocycles. The fourth-order valence-electron chi connectivity index (χ4n) is 0.300. The number of aliphatic carboxylic acids is 1. The predicted molar refractivity (Wildman–Crippen MR) is 50.5 cm³/mol. The smallest absolute Gasteiger partial charge is 0.300 e. The maximum atomic E-state index is 9.00. The highest BCUT2D eigenvalue weighted by atomic mass is 35.5. The number of halogens is 1. The highest BCUT2D eigenvalue weighted by Crippen LogP contribution is 1.84. The van der Waals surface area contributed by atoms with Crippen LogP contribution < -0.4 is 0 Å². The van der Waals surface area contributed by atoms with Gasteiger partial charge in [0.1, 0.15) is 6.54 Å². The number of carbonyl (C=O) groups is 1. The van der Waals surface area contributed by atoms with Crippen molar-refractivity contribution < 1.29 is 19.5 Å². The van der Waals surface area contributed by atoms with Gasteiger partial charge >= 0.3 is 0 Å². The second-order valence-corrected chi connectivity index (χ2v) is 3.26. The number of hydrogen-bond acceptors (Lipinski definition) is 2. The standard InChI is InChI=1S/C5H14NO.C2H4O2.ClH/c1-6(2,3)4-5-7;1-2(3)4;/h7H,4-5H2,1-3H3;1H3,(H,3,4);1H/q+1;;. The van der Waals surface area contributed by atoms with Crippen LogP contribution in [0.3, 0.4) is 0 Å². The Bertz CT molecular complexity index is 108. The third-order valence-corrected chi connectivity index (χ3v) is 0.771. The molecule has 2 N–H and O–H groups in total. The van der Waals surface area contributed by atoms with Crippen molar-refractivity contribution in [2.24, 2.45) is 0 Å². The molecular formula is C7H19ClNO3+. The Hall–Kier alpha value is -0.320. The SMILES string of the molecule is CC(=O)O.C[N+](C)(C)CCO.Cl. The van der Waals surface area contributed by atoms with Crippen LogP contribution in [0.4, 0.5) is 0 Å². The van der Waals surface area contributed by atoms with Crippen molar-refractivity contribution in [3.8, 4) is 0 Å². The largest absolute Gasteiger partial charge is 0.481 e. The number of quaternary nitrogens is 1. The summed E-state index contributed by atoms with van der Waals surface area (Å²) in [6.45, 7) is 2.20. The zero-order valence-electron chi connectivity index (χ0n) is 8.07. The van der Waals surface area contributed by atoms with Crippen LogP contribution in [0.25, 0.3) is 0 Å². The first-order chi connectivity index (χ1) is 4.79. The Balaban J connectivity index is -0.000000142. The summed E-state index contributed by atoms with van der Waals surface area (Å²) >= 11 is 0. The monoisotopic (exact) mass is 200 g/mol. The maximum Gasteiger partial charge on any atom is 0.300 e. The third kappa shape index (κ3) is 53.9. The molecule has 0 fully saturated rings. The summed E-state index contributed by atoms with van der Waals surface area (Å²) in [6.07, 6.45) is 0. The van der Waals surface area contributed by atoms with Crippen LogP contribution in [0.2, 0.25) is 0 Å². The summed E-state index contributed by atoms with van der Waals surface area (Å²) in [6, 6.07) is 0. The lowest BCUT2D eigenvalue weighted by Gasteiger charge is -2.21. The van der Waals surface area contributed by atoms with Crippen LogP contribution in [0.15, 0.2) is 0 Å². The Morgan fingerprint density at radius 3 is 1.58 bits per heavy atom. The van der Waals surface area contributed by atoms with Gasteiger partial charge < -0.3 is 14.7 Å². The van der Waals surface area contributed by atoms with E-state index in [1.807, 2.05) is 0 Å². The zero-order chi connectivity index (χ0) is 9.49. The zero-order valence-corrected chi connectivity index (χ0v) is 8.89. The Morgan fingerprint density at radius 1 is 1.33 bits per heavy atom. The molecule has 0 spiro atoms. The first-order valence-corrected chi connectivity index (χ1v) is 3.40. The molecule has 0 radical (unpaired) electrons. The van der Waals surface area contributed by atoms with Crippen LogP contribution in [0.5, 0.6) is 0 Å². The van der Waals surface area contributed by atoms with Gasteiger partial charge in [0.15, 0.2) is 0 Å². The number of aliphatic hydroxyl groups excluding tert-OH is 1. The molecule has 4 nitrogen and oxygen atoms in total. The van der Waals surface area contributed by atoms with Crippen LogP contribution in [-0.2, 0) is 4.79 Å². The van der Waals surface area contributed by atoms with Gasteiger partial charge in [0.2, 0.25) is 0 Å². The van der Waals surface area contributed by atoms with Gasteiger partial charge in [0, 0.05) is 6.92 Å². The lowest BCUT2D eigenvalue weighted by molar-refractivity contribution is -0.870. The maximum absolute atomic E-state index is 9.00. The van der Waals surface area contributed by atoms with E-state index in [-0.39, 0.29) is 19.0 Å². The van der Waals surface area contributed by atoms with Crippen LogP contribution in [0, 0.1) is 0 Å². The average Bonchev–Trinajstić information content (AvgIpc) is 1.58. The van der Waals surface area contributed by atoms with E-state index in [4.69, 9.17) is 15.0 Å². The number of carboxylic acids is 1. The fourth-order valence-corrected chi connectivity index (χ4v) is 0.300. The van der Waals surface area contributed by atoms with E-state index in [9.17, 15) is 0 Å². The molecule has 0 aliphatic rings. The van der Waals surface area contributed by atoms with Gasteiger partial charge in [-0.15, -0.1) is 12.4 Å². The van der Waals surface area contributed by atoms with Crippen molar-refractivity contribution in [2.75, 3.05) is 34.3 Å². The van der Waals surface area contributed by atoms with E-state index in [1.54, 1.807) is 0 Å². The molecule has 0 aliphatic carbocycles. The van der Waals surface area contributed by atoms with E-state index < -0.39 is 5.97 Å². The Kier molecular flexibility index (Phi) is 12.9. The van der Waals surface area contributed by atoms with Crippen molar-refractivity contribution in [3.63, 3.8) is 0 Å². The lowest BCUT2D eigenvalue weighted by Crippen LogP contribution is -2.36. The van der Waals surface area contributed by atoms with E-state index in [0.29, 0.717) is 0 Å². The average molecular weight is 201 g/mol. The van der Waals surface area contributed by atoms with Gasteiger partial charge in [-0.2, -0.15) is 0 Å². The molecule has 0 saturated heterocycles. The quantitative estimate of drug-likeness (QED) is 0.627. The van der Waals surface area contributed by atoms with E-state index in [2.05, 4.69) is 21.1 Å². The van der Waals surface area contributed by atoms with Crippen LogP contribution in [-0.4, -0.2) is 55.0 Å². The van der Waals surface area contributed by atoms with Crippen LogP contribution in [0.1, 0.15) is 6.92 Å². The van der Waals surface area contributed by atoms with Gasteiger partial charge in [-0.3, -0.25) is 4.79 Å². The normalized spacial score (nSPS) is 9.08. The minimum Gasteiger partial charge on any atom is -0.481 e. The van der Waals surface area contributed by atoms with Gasteiger partial charge in [0.05, 0.1) is 27.7 Å². The van der Waals surface area contributed by atoms with E-state index in [0.717, 1.165) is 18.0 Å². The molecule has 5 heteroatoms. The van der Waals surface area contributed by atoms with Crippen molar-refractivity contribution in [1.82, 2.24) is 0 Å². The molecule has 0 rings (SSSR count). The number of hydrogen-bond donors (Lipinski definition) is 2. The summed E-state index contributed by atoms with van der Waals surface area (Å²) in [4.78, 5) is 9.00. The Morgan fingerprint density at radius 2 is 1.58 bits per heavy atom. The molecule has 0 heterocycles. The summed E-state index contributed by atoms with van der Waals surface area (Å²) < 4.78 is 0.844. The second kappa shape index (κ2) is 8.77. The highest BCUT2D eigenvalue weighted by Gasteiger charge is 2.02. The highest BCUT2D eigenvalue weighted by molar-refractivity contribution is 5.85. The number of aliphatic hydroxyl groups is 1. The number of likely N-dealkylation sites (N-methyl/N-ethyl adjacent to an activating group) is 1. The van der Waals surface area contributed by atoms with Gasteiger partial charge in [-0.05, 0) is 0 Å². The molecule has 0 amide bonds. The molecule has 0 atom stereocenters. The summed E-state index contributed by atoms with van der Waals surface area (Å²) in [5.41, 5.74) is 0. The topological polar surface area (TPSA) is 57.5 Å². The molecule has 0 aromatic carbocycles. The molecule has 0 saturated carbocycles. The number of nitrogens with zero attached hydrogens (tertiary/aromatic N) is 1. The number of rotatable bonds is 2. The summed E-state index contributed by atoms with van der Waals surface area (Å²) in [7, 11) is 6.16. The molecule has 0 aromatic rings. The van der Waals surface area contributed by atoms with Gasteiger partial charge in [0.25, 0.3) is 5.97 Å². The minimum atomic E-state index is -0.833.